The molecule has 3 N–H and O–H groups in total. The lowest BCUT2D eigenvalue weighted by molar-refractivity contribution is -0.0350. The van der Waals surface area contributed by atoms with Crippen molar-refractivity contribution in [2.45, 2.75) is 17.2 Å². The molecule has 1 heterocycles. The number of rotatable bonds is 4. The van der Waals surface area contributed by atoms with E-state index in [0.29, 0.717) is 23.0 Å². The van der Waals surface area contributed by atoms with Gasteiger partial charge in [0.15, 0.2) is 10.9 Å². The number of aliphatic hydroxyl groups is 1. The molecule has 1 atom stereocenters. The third-order valence-corrected chi connectivity index (χ3v) is 6.78. The molecule has 9 heteroatoms. The van der Waals surface area contributed by atoms with Crippen LogP contribution in [0.25, 0.3) is 0 Å². The van der Waals surface area contributed by atoms with Crippen molar-refractivity contribution in [1.82, 2.24) is 4.90 Å². The number of primary sulfonamides is 1. The monoisotopic (exact) mass is 411 g/mol. The van der Waals surface area contributed by atoms with E-state index < -0.39 is 15.7 Å². The number of sulfonamides is 1. The third-order valence-electron chi connectivity index (χ3n) is 4.18. The molecule has 138 valence electrons. The average molecular weight is 412 g/mol. The van der Waals surface area contributed by atoms with Crippen LogP contribution in [0.4, 0.5) is 0 Å². The summed E-state index contributed by atoms with van der Waals surface area (Å²) < 4.78 is 23.4. The number of nitrogens with zero attached hydrogens (tertiary/aromatic N) is 2. The first-order valence-corrected chi connectivity index (χ1v) is 10.6. The van der Waals surface area contributed by atoms with E-state index in [1.54, 1.807) is 18.0 Å². The number of aliphatic imine (C=N–C) groups is 1. The minimum Gasteiger partial charge on any atom is -0.366 e. The van der Waals surface area contributed by atoms with E-state index in [1.807, 2.05) is 30.3 Å². The highest BCUT2D eigenvalue weighted by molar-refractivity contribution is 8.14. The van der Waals surface area contributed by atoms with Gasteiger partial charge in [-0.3, -0.25) is 4.99 Å². The summed E-state index contributed by atoms with van der Waals surface area (Å²) in [7, 11) is -2.27. The van der Waals surface area contributed by atoms with Gasteiger partial charge in [-0.2, -0.15) is 0 Å². The number of benzene rings is 2. The average Bonchev–Trinajstić information content (AvgIpc) is 2.89. The van der Waals surface area contributed by atoms with Crippen LogP contribution in [0.15, 0.2) is 58.4 Å². The maximum atomic E-state index is 11.7. The molecular weight excluding hydrogens is 394 g/mol. The van der Waals surface area contributed by atoms with Gasteiger partial charge in [-0.15, -0.1) is 0 Å². The molecule has 0 aliphatic carbocycles. The summed E-state index contributed by atoms with van der Waals surface area (Å²) >= 11 is 7.33. The molecule has 6 nitrogen and oxygen atoms in total. The molecule has 1 aliphatic heterocycles. The van der Waals surface area contributed by atoms with Crippen LogP contribution in [-0.4, -0.2) is 36.4 Å². The van der Waals surface area contributed by atoms with Gasteiger partial charge in [0.25, 0.3) is 0 Å². The van der Waals surface area contributed by atoms with Gasteiger partial charge < -0.3 is 10.0 Å². The first-order chi connectivity index (χ1) is 12.2. The molecule has 1 aliphatic rings. The van der Waals surface area contributed by atoms with Crippen molar-refractivity contribution < 1.29 is 13.5 Å². The molecular formula is C17H18ClN3O3S2. The summed E-state index contributed by atoms with van der Waals surface area (Å²) in [6, 6.07) is 14.1. The normalized spacial score (nSPS) is 22.2. The third kappa shape index (κ3) is 3.74. The van der Waals surface area contributed by atoms with Crippen LogP contribution in [-0.2, 0) is 22.3 Å². The molecule has 0 amide bonds. The van der Waals surface area contributed by atoms with Crippen molar-refractivity contribution in [1.29, 1.82) is 0 Å². The first kappa shape index (κ1) is 19.2. The Hall–Kier alpha value is -1.58. The van der Waals surface area contributed by atoms with E-state index >= 15 is 0 Å². The van der Waals surface area contributed by atoms with Gasteiger partial charge in [0, 0.05) is 12.6 Å². The minimum absolute atomic E-state index is 0.0196. The van der Waals surface area contributed by atoms with E-state index in [-0.39, 0.29) is 9.92 Å². The smallest absolute Gasteiger partial charge is 0.239 e. The molecule has 0 spiro atoms. The number of amidine groups is 1. The van der Waals surface area contributed by atoms with Gasteiger partial charge >= 0.3 is 0 Å². The Morgan fingerprint density at radius 1 is 1.31 bits per heavy atom. The summed E-state index contributed by atoms with van der Waals surface area (Å²) in [4.78, 5) is 5.99. The lowest BCUT2D eigenvalue weighted by Gasteiger charge is -2.31. The van der Waals surface area contributed by atoms with E-state index in [2.05, 4.69) is 4.99 Å². The van der Waals surface area contributed by atoms with Crippen LogP contribution in [0.3, 0.4) is 0 Å². The largest absolute Gasteiger partial charge is 0.366 e. The van der Waals surface area contributed by atoms with Crippen LogP contribution < -0.4 is 5.14 Å². The van der Waals surface area contributed by atoms with Crippen molar-refractivity contribution >= 4 is 38.6 Å². The van der Waals surface area contributed by atoms with Crippen LogP contribution in [0.1, 0.15) is 11.1 Å². The minimum atomic E-state index is -3.99. The Morgan fingerprint density at radius 3 is 2.65 bits per heavy atom. The van der Waals surface area contributed by atoms with Crippen molar-refractivity contribution in [2.24, 2.45) is 10.1 Å². The standard InChI is InChI=1S/C17H18ClN3O3S2/c1-21-16(20-10-12-5-3-2-4-6-12)25-11-17(21,22)13-7-8-14(18)15(9-13)26(19,23)24/h2-9,22H,10-11H2,1H3,(H2,19,23,24). The van der Waals surface area contributed by atoms with Crippen LogP contribution >= 0.6 is 23.4 Å². The van der Waals surface area contributed by atoms with Crippen LogP contribution in [0.5, 0.6) is 0 Å². The number of hydrogen-bond donors (Lipinski definition) is 2. The first-order valence-electron chi connectivity index (χ1n) is 7.72. The molecule has 1 unspecified atom stereocenters. The zero-order valence-electron chi connectivity index (χ0n) is 14.0. The molecule has 0 radical (unpaired) electrons. The molecule has 1 fully saturated rings. The van der Waals surface area contributed by atoms with E-state index in [4.69, 9.17) is 16.7 Å². The molecule has 2 aromatic rings. The molecule has 26 heavy (non-hydrogen) atoms. The Morgan fingerprint density at radius 2 is 2.00 bits per heavy atom. The quantitative estimate of drug-likeness (QED) is 0.805. The van der Waals surface area contributed by atoms with Gasteiger partial charge in [0.05, 0.1) is 17.3 Å². The van der Waals surface area contributed by atoms with Crippen molar-refractivity contribution in [3.63, 3.8) is 0 Å². The highest BCUT2D eigenvalue weighted by atomic mass is 35.5. The second-order valence-corrected chi connectivity index (χ2v) is 8.82. The Bertz CT molecular complexity index is 951. The fraction of sp³-hybridized carbons (Fsp3) is 0.235. The highest BCUT2D eigenvalue weighted by Gasteiger charge is 2.43. The Labute approximate surface area is 161 Å². The van der Waals surface area contributed by atoms with Gasteiger partial charge in [-0.1, -0.05) is 59.8 Å². The van der Waals surface area contributed by atoms with Crippen molar-refractivity contribution in [2.75, 3.05) is 12.8 Å². The molecule has 3 rings (SSSR count). The maximum Gasteiger partial charge on any atom is 0.239 e. The number of halogens is 1. The van der Waals surface area contributed by atoms with E-state index in [9.17, 15) is 13.5 Å². The van der Waals surface area contributed by atoms with Crippen LogP contribution in [0, 0.1) is 0 Å². The van der Waals surface area contributed by atoms with Gasteiger partial charge in [-0.05, 0) is 17.7 Å². The van der Waals surface area contributed by atoms with E-state index in [0.717, 1.165) is 5.56 Å². The molecule has 0 bridgehead atoms. The zero-order chi connectivity index (χ0) is 18.9. The topological polar surface area (TPSA) is 96.0 Å². The Kier molecular flexibility index (Phi) is 5.32. The second-order valence-electron chi connectivity index (χ2n) is 5.94. The fourth-order valence-corrected chi connectivity index (χ4v) is 4.92. The van der Waals surface area contributed by atoms with Crippen LogP contribution in [0.2, 0.25) is 5.02 Å². The zero-order valence-corrected chi connectivity index (χ0v) is 16.4. The number of nitrogens with two attached hydrogens (primary N) is 1. The molecule has 1 saturated heterocycles. The summed E-state index contributed by atoms with van der Waals surface area (Å²) in [6.07, 6.45) is 0. The highest BCUT2D eigenvalue weighted by Crippen LogP contribution is 2.39. The number of thioether (sulfide) groups is 1. The summed E-state index contributed by atoms with van der Waals surface area (Å²) in [5, 5.41) is 17.0. The fourth-order valence-electron chi connectivity index (χ4n) is 2.66. The van der Waals surface area contributed by atoms with Gasteiger partial charge in [-0.25, -0.2) is 13.6 Å². The number of hydrogen-bond acceptors (Lipinski definition) is 5. The molecule has 2 aromatic carbocycles. The van der Waals surface area contributed by atoms with E-state index in [1.165, 1.54) is 23.9 Å². The van der Waals surface area contributed by atoms with Crippen molar-refractivity contribution in [3.05, 3.63) is 64.7 Å². The van der Waals surface area contributed by atoms with Gasteiger partial charge in [0.1, 0.15) is 4.90 Å². The molecule has 0 saturated carbocycles. The summed E-state index contributed by atoms with van der Waals surface area (Å²) in [6.45, 7) is 0.493. The summed E-state index contributed by atoms with van der Waals surface area (Å²) in [5.41, 5.74) is 0.0581. The predicted molar refractivity (Wildman–Crippen MR) is 105 cm³/mol. The SMILES string of the molecule is CN1C(=NCc2ccccc2)SCC1(O)c1ccc(Cl)c(S(N)(=O)=O)c1. The predicted octanol–water partition coefficient (Wildman–Crippen LogP) is 2.37. The van der Waals surface area contributed by atoms with Gasteiger partial charge in [0.2, 0.25) is 10.0 Å². The lowest BCUT2D eigenvalue weighted by Crippen LogP contribution is -2.42. The van der Waals surface area contributed by atoms with Crippen molar-refractivity contribution in [3.8, 4) is 0 Å². The lowest BCUT2D eigenvalue weighted by atomic mass is 10.0. The Balaban J connectivity index is 1.89. The molecule has 0 aromatic heterocycles. The summed E-state index contributed by atoms with van der Waals surface area (Å²) in [5.74, 6) is 0.308. The second kappa shape index (κ2) is 7.21. The maximum absolute atomic E-state index is 11.7.